The van der Waals surface area contributed by atoms with Crippen LogP contribution in [0.4, 0.5) is 0 Å². The Hall–Kier alpha value is -1.99. The number of hydrogen-bond donors (Lipinski definition) is 2. The molecule has 20 heavy (non-hydrogen) atoms. The van der Waals surface area contributed by atoms with Crippen LogP contribution in [0.1, 0.15) is 51.3 Å². The minimum Gasteiger partial charge on any atom is -0.481 e. The molecule has 1 aromatic rings. The summed E-state index contributed by atoms with van der Waals surface area (Å²) in [5.74, 6) is -0.181. The van der Waals surface area contributed by atoms with Crippen LogP contribution in [0, 0.1) is 0 Å². The van der Waals surface area contributed by atoms with E-state index >= 15 is 0 Å². The van der Waals surface area contributed by atoms with Gasteiger partial charge >= 0.3 is 11.9 Å². The first-order valence-corrected chi connectivity index (χ1v) is 6.61. The van der Waals surface area contributed by atoms with Gasteiger partial charge in [-0.3, -0.25) is 9.59 Å². The lowest BCUT2D eigenvalue weighted by molar-refractivity contribution is -0.140. The molecule has 0 spiro atoms. The highest BCUT2D eigenvalue weighted by Crippen LogP contribution is 2.01. The highest BCUT2D eigenvalue weighted by Gasteiger charge is 2.01. The number of nitrogens with zero attached hydrogens (tertiary/aromatic N) is 3. The molecular weight excluding hydrogens is 264 g/mol. The van der Waals surface area contributed by atoms with E-state index in [1.54, 1.807) is 0 Å². The number of carbonyl (C=O) groups excluding carboxylic acids is 1. The second-order valence-corrected chi connectivity index (χ2v) is 4.11. The Kier molecular flexibility index (Phi) is 10.9. The summed E-state index contributed by atoms with van der Waals surface area (Å²) in [6, 6.07) is 0. The van der Waals surface area contributed by atoms with Gasteiger partial charge < -0.3 is 9.84 Å². The van der Waals surface area contributed by atoms with Crippen molar-refractivity contribution in [2.24, 2.45) is 0 Å². The van der Waals surface area contributed by atoms with Crippen LogP contribution in [0.15, 0.2) is 0 Å². The standard InChI is InChI=1S/C7H12N4O2.C5H10O2/c1-13-7(12)5-3-2-4-6-8-10-11-9-6;1-2-3-4-5(6)7/h2-5H2,1H3,(H,8,9,10,11);2-4H2,1H3,(H,6,7). The van der Waals surface area contributed by atoms with Gasteiger partial charge in [0.1, 0.15) is 0 Å². The number of rotatable bonds is 8. The highest BCUT2D eigenvalue weighted by atomic mass is 16.5. The van der Waals surface area contributed by atoms with E-state index in [-0.39, 0.29) is 5.97 Å². The molecule has 1 heterocycles. The van der Waals surface area contributed by atoms with Gasteiger partial charge in [0.25, 0.3) is 0 Å². The van der Waals surface area contributed by atoms with Crippen molar-refractivity contribution in [1.82, 2.24) is 20.6 Å². The molecule has 0 atom stereocenters. The average molecular weight is 286 g/mol. The van der Waals surface area contributed by atoms with Crippen molar-refractivity contribution < 1.29 is 19.4 Å². The van der Waals surface area contributed by atoms with Crippen molar-refractivity contribution in [3.63, 3.8) is 0 Å². The maximum Gasteiger partial charge on any atom is 0.305 e. The maximum atomic E-state index is 10.7. The van der Waals surface area contributed by atoms with Crippen LogP contribution < -0.4 is 0 Å². The molecule has 8 heteroatoms. The summed E-state index contributed by atoms with van der Waals surface area (Å²) in [4.78, 5) is 20.5. The molecule has 0 amide bonds. The van der Waals surface area contributed by atoms with E-state index in [1.165, 1.54) is 7.11 Å². The first-order valence-electron chi connectivity index (χ1n) is 6.61. The number of aliphatic carboxylic acids is 1. The topological polar surface area (TPSA) is 118 Å². The van der Waals surface area contributed by atoms with Crippen molar-refractivity contribution >= 4 is 11.9 Å². The number of hydrogen-bond acceptors (Lipinski definition) is 6. The van der Waals surface area contributed by atoms with E-state index in [0.29, 0.717) is 18.7 Å². The highest BCUT2D eigenvalue weighted by molar-refractivity contribution is 5.69. The van der Waals surface area contributed by atoms with Gasteiger partial charge in [-0.2, -0.15) is 5.21 Å². The second kappa shape index (κ2) is 12.1. The van der Waals surface area contributed by atoms with Crippen molar-refractivity contribution in [3.05, 3.63) is 5.82 Å². The summed E-state index contributed by atoms with van der Waals surface area (Å²) in [5.41, 5.74) is 0. The molecule has 0 aliphatic heterocycles. The zero-order valence-electron chi connectivity index (χ0n) is 12.0. The van der Waals surface area contributed by atoms with Crippen LogP contribution in [0.25, 0.3) is 0 Å². The first-order chi connectivity index (χ1) is 9.60. The van der Waals surface area contributed by atoms with E-state index in [9.17, 15) is 9.59 Å². The average Bonchev–Trinajstić information content (AvgIpc) is 2.95. The summed E-state index contributed by atoms with van der Waals surface area (Å²) in [6.07, 6.45) is 4.94. The fourth-order valence-electron chi connectivity index (χ4n) is 1.27. The SMILES string of the molecule is CCCCC(=O)O.COC(=O)CCCCc1nn[nH]n1. The number of carboxylic acids is 1. The summed E-state index contributed by atoms with van der Waals surface area (Å²) < 4.78 is 4.50. The molecule has 8 nitrogen and oxygen atoms in total. The molecule has 0 saturated heterocycles. The molecule has 0 saturated carbocycles. The molecule has 0 radical (unpaired) electrons. The van der Waals surface area contributed by atoms with Gasteiger partial charge in [-0.25, -0.2) is 0 Å². The van der Waals surface area contributed by atoms with E-state index in [2.05, 4.69) is 25.4 Å². The summed E-state index contributed by atoms with van der Waals surface area (Å²) in [6.45, 7) is 1.98. The van der Waals surface area contributed by atoms with E-state index in [1.807, 2.05) is 6.92 Å². The van der Waals surface area contributed by atoms with Gasteiger partial charge in [0.2, 0.25) is 0 Å². The molecule has 1 rings (SSSR count). The third-order valence-electron chi connectivity index (χ3n) is 2.39. The number of aromatic amines is 1. The number of carboxylic acid groups (broad SMARTS) is 1. The molecule has 0 bridgehead atoms. The Balaban J connectivity index is 0.000000441. The molecular formula is C12H22N4O4. The molecule has 1 aromatic heterocycles. The monoisotopic (exact) mass is 286 g/mol. The van der Waals surface area contributed by atoms with Crippen LogP contribution in [0.3, 0.4) is 0 Å². The van der Waals surface area contributed by atoms with Crippen molar-refractivity contribution in [2.75, 3.05) is 7.11 Å². The van der Waals surface area contributed by atoms with E-state index < -0.39 is 5.97 Å². The van der Waals surface area contributed by atoms with Crippen LogP contribution >= 0.6 is 0 Å². The number of unbranched alkanes of at least 4 members (excludes halogenated alkanes) is 2. The lowest BCUT2D eigenvalue weighted by atomic mass is 10.2. The lowest BCUT2D eigenvalue weighted by Crippen LogP contribution is -2.00. The Labute approximate surface area is 117 Å². The lowest BCUT2D eigenvalue weighted by Gasteiger charge is -1.96. The Morgan fingerprint density at radius 3 is 2.45 bits per heavy atom. The number of nitrogens with one attached hydrogen (secondary N) is 1. The van der Waals surface area contributed by atoms with E-state index in [0.717, 1.165) is 32.1 Å². The van der Waals surface area contributed by atoms with Crippen molar-refractivity contribution in [2.45, 2.75) is 51.9 Å². The fourth-order valence-corrected chi connectivity index (χ4v) is 1.27. The summed E-state index contributed by atoms with van der Waals surface area (Å²) in [7, 11) is 1.39. The first kappa shape index (κ1) is 18.0. The maximum absolute atomic E-state index is 10.7. The normalized spacial score (nSPS) is 9.50. The zero-order valence-corrected chi connectivity index (χ0v) is 12.0. The largest absolute Gasteiger partial charge is 0.481 e. The number of tetrazole rings is 1. The summed E-state index contributed by atoms with van der Waals surface area (Å²) in [5, 5.41) is 21.4. The van der Waals surface area contributed by atoms with Gasteiger partial charge in [-0.15, -0.1) is 10.2 Å². The van der Waals surface area contributed by atoms with Crippen LogP contribution in [0.5, 0.6) is 0 Å². The van der Waals surface area contributed by atoms with Crippen LogP contribution in [0.2, 0.25) is 0 Å². The van der Waals surface area contributed by atoms with Crippen molar-refractivity contribution in [1.29, 1.82) is 0 Å². The zero-order chi connectivity index (χ0) is 15.2. The number of ether oxygens (including phenoxy) is 1. The minimum atomic E-state index is -0.693. The Morgan fingerprint density at radius 1 is 1.25 bits per heavy atom. The van der Waals surface area contributed by atoms with E-state index in [4.69, 9.17) is 5.11 Å². The molecule has 0 unspecified atom stereocenters. The van der Waals surface area contributed by atoms with Crippen molar-refractivity contribution in [3.8, 4) is 0 Å². The smallest absolute Gasteiger partial charge is 0.305 e. The quantitative estimate of drug-likeness (QED) is 0.547. The van der Waals surface area contributed by atoms with Gasteiger partial charge in [0.15, 0.2) is 5.82 Å². The Morgan fingerprint density at radius 2 is 2.00 bits per heavy atom. The fraction of sp³-hybridized carbons (Fsp3) is 0.750. The molecule has 0 aromatic carbocycles. The number of aromatic nitrogens is 4. The molecule has 2 N–H and O–H groups in total. The van der Waals surface area contributed by atoms with Gasteiger partial charge in [-0.1, -0.05) is 18.6 Å². The number of H-pyrrole nitrogens is 1. The number of aryl methyl sites for hydroxylation is 1. The number of methoxy groups -OCH3 is 1. The molecule has 0 fully saturated rings. The van der Waals surface area contributed by atoms with Gasteiger partial charge in [0.05, 0.1) is 7.11 Å². The molecule has 0 aliphatic carbocycles. The van der Waals surface area contributed by atoms with Crippen LogP contribution in [-0.2, 0) is 20.7 Å². The number of carbonyl (C=O) groups is 2. The summed E-state index contributed by atoms with van der Waals surface area (Å²) >= 11 is 0. The van der Waals surface area contributed by atoms with Crippen LogP contribution in [-0.4, -0.2) is 44.8 Å². The van der Waals surface area contributed by atoms with Gasteiger partial charge in [-0.05, 0) is 19.3 Å². The predicted molar refractivity (Wildman–Crippen MR) is 70.9 cm³/mol. The predicted octanol–water partition coefficient (Wildman–Crippen LogP) is 1.35. The molecule has 114 valence electrons. The second-order valence-electron chi connectivity index (χ2n) is 4.11. The minimum absolute atomic E-state index is 0.173. The molecule has 0 aliphatic rings. The third kappa shape index (κ3) is 11.1. The third-order valence-corrected chi connectivity index (χ3v) is 2.39. The Bertz CT molecular complexity index is 368. The number of esters is 1. The van der Waals surface area contributed by atoms with Gasteiger partial charge in [0, 0.05) is 19.3 Å².